The van der Waals surface area contributed by atoms with E-state index in [9.17, 15) is 14.7 Å². The summed E-state index contributed by atoms with van der Waals surface area (Å²) in [6, 6.07) is 8.07. The monoisotopic (exact) mass is 373 g/mol. The van der Waals surface area contributed by atoms with Gasteiger partial charge in [0, 0.05) is 32.7 Å². The van der Waals surface area contributed by atoms with Crippen LogP contribution in [0, 0.1) is 11.3 Å². The molecule has 0 aliphatic carbocycles. The Bertz CT molecular complexity index is 693. The van der Waals surface area contributed by atoms with Crippen molar-refractivity contribution in [3.05, 3.63) is 35.4 Å². The largest absolute Gasteiger partial charge is 0.481 e. The number of hydrogen-bond donors (Lipinski definition) is 2. The number of hydrogen-bond acceptors (Lipinski definition) is 3. The predicted octanol–water partition coefficient (Wildman–Crippen LogP) is 2.92. The van der Waals surface area contributed by atoms with Crippen LogP contribution in [0.1, 0.15) is 44.2 Å². The molecular formula is C21H31N3O3. The number of carbonyl (C=O) groups is 2. The van der Waals surface area contributed by atoms with Gasteiger partial charge in [-0.15, -0.1) is 0 Å². The maximum Gasteiger partial charge on any atom is 0.317 e. The number of piperidine rings is 1. The van der Waals surface area contributed by atoms with E-state index >= 15 is 0 Å². The number of nitrogens with zero attached hydrogens (tertiary/aromatic N) is 2. The molecule has 2 fully saturated rings. The van der Waals surface area contributed by atoms with Crippen molar-refractivity contribution in [3.63, 3.8) is 0 Å². The fourth-order valence-corrected chi connectivity index (χ4v) is 4.15. The van der Waals surface area contributed by atoms with E-state index < -0.39 is 11.4 Å². The zero-order valence-electron chi connectivity index (χ0n) is 16.4. The highest BCUT2D eigenvalue weighted by Crippen LogP contribution is 2.30. The van der Waals surface area contributed by atoms with Crippen molar-refractivity contribution in [1.82, 2.24) is 15.1 Å². The lowest BCUT2D eigenvalue weighted by Gasteiger charge is -2.31. The van der Waals surface area contributed by atoms with Gasteiger partial charge in [0.1, 0.15) is 0 Å². The minimum Gasteiger partial charge on any atom is -0.481 e. The van der Waals surface area contributed by atoms with Crippen LogP contribution in [0.25, 0.3) is 0 Å². The third kappa shape index (κ3) is 4.80. The molecule has 2 heterocycles. The van der Waals surface area contributed by atoms with E-state index in [2.05, 4.69) is 29.3 Å². The van der Waals surface area contributed by atoms with Crippen LogP contribution in [0.4, 0.5) is 4.79 Å². The van der Waals surface area contributed by atoms with Crippen molar-refractivity contribution < 1.29 is 14.7 Å². The van der Waals surface area contributed by atoms with Gasteiger partial charge in [-0.05, 0) is 49.8 Å². The number of urea groups is 1. The van der Waals surface area contributed by atoms with Crippen LogP contribution < -0.4 is 5.32 Å². The Balaban J connectivity index is 1.57. The van der Waals surface area contributed by atoms with Gasteiger partial charge in [0.15, 0.2) is 0 Å². The second-order valence-electron chi connectivity index (χ2n) is 8.45. The molecule has 0 aromatic heterocycles. The molecule has 0 radical (unpaired) electrons. The number of carboxylic acid groups (broad SMARTS) is 1. The summed E-state index contributed by atoms with van der Waals surface area (Å²) in [6.45, 7) is 8.41. The highest BCUT2D eigenvalue weighted by Gasteiger charge is 2.42. The van der Waals surface area contributed by atoms with E-state index in [0.29, 0.717) is 19.5 Å². The van der Waals surface area contributed by atoms with Gasteiger partial charge in [-0.3, -0.25) is 9.69 Å². The predicted molar refractivity (Wildman–Crippen MR) is 104 cm³/mol. The van der Waals surface area contributed by atoms with Crippen molar-refractivity contribution in [2.24, 2.45) is 11.3 Å². The van der Waals surface area contributed by atoms with Gasteiger partial charge in [-0.2, -0.15) is 0 Å². The fourth-order valence-electron chi connectivity index (χ4n) is 4.15. The first-order chi connectivity index (χ1) is 12.9. The van der Waals surface area contributed by atoms with Crippen LogP contribution in [0.2, 0.25) is 0 Å². The molecule has 1 aromatic carbocycles. The Labute approximate surface area is 161 Å². The van der Waals surface area contributed by atoms with Gasteiger partial charge in [0.25, 0.3) is 0 Å². The third-order valence-corrected chi connectivity index (χ3v) is 5.96. The number of rotatable bonds is 5. The molecule has 2 unspecified atom stereocenters. The molecule has 3 rings (SSSR count). The van der Waals surface area contributed by atoms with Gasteiger partial charge < -0.3 is 15.3 Å². The lowest BCUT2D eigenvalue weighted by Crippen LogP contribution is -2.40. The van der Waals surface area contributed by atoms with Crippen LogP contribution >= 0.6 is 0 Å². The lowest BCUT2D eigenvalue weighted by molar-refractivity contribution is -0.147. The van der Waals surface area contributed by atoms with Crippen LogP contribution in [0.5, 0.6) is 0 Å². The van der Waals surface area contributed by atoms with Crippen LogP contribution in [0.15, 0.2) is 24.3 Å². The first-order valence-corrected chi connectivity index (χ1v) is 9.93. The van der Waals surface area contributed by atoms with Gasteiger partial charge >= 0.3 is 12.0 Å². The summed E-state index contributed by atoms with van der Waals surface area (Å²) in [5.74, 6) is -0.0942. The Morgan fingerprint density at radius 1 is 1.26 bits per heavy atom. The molecule has 27 heavy (non-hydrogen) atoms. The highest BCUT2D eigenvalue weighted by atomic mass is 16.4. The number of aliphatic carboxylic acids is 1. The maximum absolute atomic E-state index is 12.5. The smallest absolute Gasteiger partial charge is 0.317 e. The molecule has 2 saturated heterocycles. The zero-order valence-corrected chi connectivity index (χ0v) is 16.4. The van der Waals surface area contributed by atoms with Crippen molar-refractivity contribution in [1.29, 1.82) is 0 Å². The van der Waals surface area contributed by atoms with E-state index in [4.69, 9.17) is 0 Å². The molecule has 148 valence electrons. The summed E-state index contributed by atoms with van der Waals surface area (Å²) in [6.07, 6.45) is 3.05. The normalized spacial score (nSPS) is 26.1. The van der Waals surface area contributed by atoms with Gasteiger partial charge in [-0.25, -0.2) is 4.79 Å². The molecule has 2 aliphatic rings. The summed E-state index contributed by atoms with van der Waals surface area (Å²) in [5, 5.41) is 12.3. The van der Waals surface area contributed by atoms with Crippen molar-refractivity contribution in [2.75, 3.05) is 26.2 Å². The van der Waals surface area contributed by atoms with Gasteiger partial charge in [0.2, 0.25) is 0 Å². The average molecular weight is 373 g/mol. The molecule has 2 aliphatic heterocycles. The Kier molecular flexibility index (Phi) is 6.05. The standard InChI is InChI=1S/C21H31N3O3/c1-16-6-5-10-23(13-16)14-18-8-4-3-7-17(18)12-22-20(27)24-11-9-21(2,15-24)19(25)26/h3-4,7-8,16H,5-6,9-15H2,1-2H3,(H,22,27)(H,25,26). The summed E-state index contributed by atoms with van der Waals surface area (Å²) in [4.78, 5) is 28.0. The molecule has 6 nitrogen and oxygen atoms in total. The Hall–Kier alpha value is -2.08. The lowest BCUT2D eigenvalue weighted by atomic mass is 9.90. The van der Waals surface area contributed by atoms with Crippen LogP contribution in [-0.2, 0) is 17.9 Å². The zero-order chi connectivity index (χ0) is 19.4. The van der Waals surface area contributed by atoms with Crippen LogP contribution in [0.3, 0.4) is 0 Å². The number of carbonyl (C=O) groups excluding carboxylic acids is 1. The summed E-state index contributed by atoms with van der Waals surface area (Å²) >= 11 is 0. The summed E-state index contributed by atoms with van der Waals surface area (Å²) in [5.41, 5.74) is 1.55. The Morgan fingerprint density at radius 2 is 2.00 bits per heavy atom. The number of amides is 2. The van der Waals surface area contributed by atoms with Gasteiger partial charge in [-0.1, -0.05) is 31.2 Å². The molecule has 2 amide bonds. The topological polar surface area (TPSA) is 72.9 Å². The van der Waals surface area contributed by atoms with E-state index in [1.54, 1.807) is 11.8 Å². The molecule has 0 saturated carbocycles. The van der Waals surface area contributed by atoms with Crippen molar-refractivity contribution >= 4 is 12.0 Å². The molecule has 0 spiro atoms. The van der Waals surface area contributed by atoms with Gasteiger partial charge in [0.05, 0.1) is 5.41 Å². The van der Waals surface area contributed by atoms with E-state index in [-0.39, 0.29) is 12.6 Å². The van der Waals surface area contributed by atoms with E-state index in [0.717, 1.165) is 31.1 Å². The van der Waals surface area contributed by atoms with Crippen molar-refractivity contribution in [3.8, 4) is 0 Å². The molecule has 1 aromatic rings. The van der Waals surface area contributed by atoms with E-state index in [1.807, 2.05) is 12.1 Å². The average Bonchev–Trinajstić information content (AvgIpc) is 3.05. The molecule has 2 N–H and O–H groups in total. The quantitative estimate of drug-likeness (QED) is 0.832. The van der Waals surface area contributed by atoms with Crippen molar-refractivity contribution in [2.45, 2.75) is 46.2 Å². The SMILES string of the molecule is CC1CCCN(Cc2ccccc2CNC(=O)N2CCC(C)(C(=O)O)C2)C1. The highest BCUT2D eigenvalue weighted by molar-refractivity contribution is 5.79. The molecule has 6 heteroatoms. The minimum atomic E-state index is -0.834. The second kappa shape index (κ2) is 8.30. The molecule has 0 bridgehead atoms. The fraction of sp³-hybridized carbons (Fsp3) is 0.619. The summed E-state index contributed by atoms with van der Waals surface area (Å²) in [7, 11) is 0. The summed E-state index contributed by atoms with van der Waals surface area (Å²) < 4.78 is 0. The first kappa shape index (κ1) is 19.7. The first-order valence-electron chi connectivity index (χ1n) is 9.93. The molecule has 2 atom stereocenters. The number of nitrogens with one attached hydrogen (secondary N) is 1. The maximum atomic E-state index is 12.5. The molecular weight excluding hydrogens is 342 g/mol. The number of carboxylic acids is 1. The minimum absolute atomic E-state index is 0.179. The van der Waals surface area contributed by atoms with Crippen LogP contribution in [-0.4, -0.2) is 53.1 Å². The second-order valence-corrected chi connectivity index (χ2v) is 8.45. The third-order valence-electron chi connectivity index (χ3n) is 5.96. The Morgan fingerprint density at radius 3 is 2.67 bits per heavy atom. The van der Waals surface area contributed by atoms with E-state index in [1.165, 1.54) is 18.4 Å². The number of benzene rings is 1. The number of likely N-dealkylation sites (tertiary alicyclic amines) is 2.